The molecular weight excluding hydrogens is 284 g/mol. The van der Waals surface area contributed by atoms with Crippen LogP contribution in [0.3, 0.4) is 0 Å². The maximum absolute atomic E-state index is 11.7. The minimum atomic E-state index is 0.0208. The van der Waals surface area contributed by atoms with Crippen LogP contribution >= 0.6 is 0 Å². The van der Waals surface area contributed by atoms with Crippen LogP contribution in [0.4, 0.5) is 0 Å². The second-order valence-electron chi connectivity index (χ2n) is 7.53. The number of ether oxygens (including phenoxy) is 1. The largest absolute Gasteiger partial charge is 0.462 e. The third-order valence-corrected chi connectivity index (χ3v) is 5.09. The maximum atomic E-state index is 11.7. The highest BCUT2D eigenvalue weighted by Crippen LogP contribution is 2.34. The second kappa shape index (κ2) is 13.9. The molecule has 0 saturated heterocycles. The van der Waals surface area contributed by atoms with Gasteiger partial charge in [0.1, 0.15) is 6.10 Å². The van der Waals surface area contributed by atoms with Crippen molar-refractivity contribution in [1.29, 1.82) is 0 Å². The zero-order chi connectivity index (χ0) is 16.8. The molecule has 1 atom stereocenters. The van der Waals surface area contributed by atoms with E-state index in [-0.39, 0.29) is 12.1 Å². The first-order chi connectivity index (χ1) is 11.2. The van der Waals surface area contributed by atoms with Gasteiger partial charge in [0.25, 0.3) is 0 Å². The van der Waals surface area contributed by atoms with E-state index >= 15 is 0 Å². The lowest BCUT2D eigenvalue weighted by molar-refractivity contribution is -0.149. The maximum Gasteiger partial charge on any atom is 0.306 e. The van der Waals surface area contributed by atoms with Crippen molar-refractivity contribution in [3.05, 3.63) is 0 Å². The summed E-state index contributed by atoms with van der Waals surface area (Å²) in [6.45, 7) is 4.32. The lowest BCUT2D eigenvalue weighted by Gasteiger charge is -2.11. The SMILES string of the molecule is CCCCCCCCCCCCCCCC(=O)OC(C)C1CC1. The molecule has 0 aliphatic heterocycles. The zero-order valence-electron chi connectivity index (χ0n) is 15.8. The molecule has 0 aromatic carbocycles. The van der Waals surface area contributed by atoms with Gasteiger partial charge < -0.3 is 4.74 Å². The number of esters is 1. The summed E-state index contributed by atoms with van der Waals surface area (Å²) in [7, 11) is 0. The second-order valence-corrected chi connectivity index (χ2v) is 7.53. The van der Waals surface area contributed by atoms with Gasteiger partial charge in [-0.1, -0.05) is 84.0 Å². The van der Waals surface area contributed by atoms with Crippen LogP contribution in [0.5, 0.6) is 0 Å². The molecule has 0 aromatic rings. The Morgan fingerprint density at radius 2 is 1.26 bits per heavy atom. The molecule has 2 nitrogen and oxygen atoms in total. The highest BCUT2D eigenvalue weighted by atomic mass is 16.5. The molecule has 23 heavy (non-hydrogen) atoms. The van der Waals surface area contributed by atoms with Crippen LogP contribution in [0.1, 0.15) is 117 Å². The first kappa shape index (κ1) is 20.5. The summed E-state index contributed by atoms with van der Waals surface area (Å²) in [5, 5.41) is 0. The Bertz CT molecular complexity index is 284. The van der Waals surface area contributed by atoms with Crippen LogP contribution < -0.4 is 0 Å². The summed E-state index contributed by atoms with van der Waals surface area (Å²) in [5.74, 6) is 0.679. The molecule has 0 N–H and O–H groups in total. The highest BCUT2D eigenvalue weighted by molar-refractivity contribution is 5.69. The Balaban J connectivity index is 1.73. The van der Waals surface area contributed by atoms with Gasteiger partial charge in [0.15, 0.2) is 0 Å². The third kappa shape index (κ3) is 12.5. The van der Waals surface area contributed by atoms with Gasteiger partial charge in [-0.3, -0.25) is 4.79 Å². The Labute approximate surface area is 144 Å². The Hall–Kier alpha value is -0.530. The fourth-order valence-electron chi connectivity index (χ4n) is 3.22. The van der Waals surface area contributed by atoms with E-state index in [1.807, 2.05) is 6.92 Å². The molecule has 1 unspecified atom stereocenters. The fraction of sp³-hybridized carbons (Fsp3) is 0.952. The summed E-state index contributed by atoms with van der Waals surface area (Å²) < 4.78 is 5.44. The Morgan fingerprint density at radius 3 is 1.70 bits per heavy atom. The molecule has 2 heteroatoms. The number of hydrogen-bond donors (Lipinski definition) is 0. The molecule has 136 valence electrons. The molecule has 0 amide bonds. The predicted octanol–water partition coefficient (Wildman–Crippen LogP) is 6.81. The quantitative estimate of drug-likeness (QED) is 0.230. The van der Waals surface area contributed by atoms with Crippen molar-refractivity contribution in [2.45, 2.75) is 123 Å². The summed E-state index contributed by atoms with van der Waals surface area (Å²) in [4.78, 5) is 11.7. The normalized spacial score (nSPS) is 15.6. The molecule has 1 aliphatic rings. The minimum absolute atomic E-state index is 0.0208. The highest BCUT2D eigenvalue weighted by Gasteiger charge is 2.30. The summed E-state index contributed by atoms with van der Waals surface area (Å²) >= 11 is 0. The summed E-state index contributed by atoms with van der Waals surface area (Å²) in [6.07, 6.45) is 20.7. The van der Waals surface area contributed by atoms with E-state index in [1.54, 1.807) is 0 Å². The molecule has 1 aliphatic carbocycles. The van der Waals surface area contributed by atoms with Crippen LogP contribution in [-0.4, -0.2) is 12.1 Å². The number of unbranched alkanes of at least 4 members (excludes halogenated alkanes) is 12. The van der Waals surface area contributed by atoms with Crippen molar-refractivity contribution in [2.75, 3.05) is 0 Å². The number of rotatable bonds is 16. The summed E-state index contributed by atoms with van der Waals surface area (Å²) in [5.41, 5.74) is 0. The predicted molar refractivity (Wildman–Crippen MR) is 98.6 cm³/mol. The van der Waals surface area contributed by atoms with Crippen LogP contribution in [0.2, 0.25) is 0 Å². The Kier molecular flexibility index (Phi) is 12.4. The van der Waals surface area contributed by atoms with Crippen LogP contribution in [0.15, 0.2) is 0 Å². The molecule has 0 radical (unpaired) electrons. The third-order valence-electron chi connectivity index (χ3n) is 5.09. The van der Waals surface area contributed by atoms with E-state index in [9.17, 15) is 4.79 Å². The molecule has 0 spiro atoms. The zero-order valence-corrected chi connectivity index (χ0v) is 15.8. The number of carbonyl (C=O) groups is 1. The van der Waals surface area contributed by atoms with Gasteiger partial charge in [-0.15, -0.1) is 0 Å². The van der Waals surface area contributed by atoms with Crippen LogP contribution in [-0.2, 0) is 9.53 Å². The molecule has 1 fully saturated rings. The van der Waals surface area contributed by atoms with E-state index in [2.05, 4.69) is 6.92 Å². The first-order valence-corrected chi connectivity index (χ1v) is 10.4. The minimum Gasteiger partial charge on any atom is -0.462 e. The van der Waals surface area contributed by atoms with Gasteiger partial charge in [0.05, 0.1) is 0 Å². The first-order valence-electron chi connectivity index (χ1n) is 10.4. The summed E-state index contributed by atoms with van der Waals surface area (Å²) in [6, 6.07) is 0. The van der Waals surface area contributed by atoms with Crippen molar-refractivity contribution in [3.8, 4) is 0 Å². The molecule has 0 heterocycles. The van der Waals surface area contributed by atoms with Gasteiger partial charge in [0.2, 0.25) is 0 Å². The fourth-order valence-corrected chi connectivity index (χ4v) is 3.22. The standard InChI is InChI=1S/C21H40O2/c1-3-4-5-6-7-8-9-10-11-12-13-14-15-16-21(22)23-19(2)20-17-18-20/h19-20H,3-18H2,1-2H3. The van der Waals surface area contributed by atoms with Gasteiger partial charge in [-0.2, -0.15) is 0 Å². The van der Waals surface area contributed by atoms with Crippen molar-refractivity contribution in [2.24, 2.45) is 5.92 Å². The average molecular weight is 325 g/mol. The molecule has 0 bridgehead atoms. The van der Waals surface area contributed by atoms with Crippen molar-refractivity contribution in [3.63, 3.8) is 0 Å². The van der Waals surface area contributed by atoms with Crippen LogP contribution in [0.25, 0.3) is 0 Å². The van der Waals surface area contributed by atoms with E-state index in [0.717, 1.165) is 6.42 Å². The molecule has 0 aromatic heterocycles. The molecule has 1 rings (SSSR count). The monoisotopic (exact) mass is 324 g/mol. The molecular formula is C21H40O2. The Morgan fingerprint density at radius 1 is 0.826 bits per heavy atom. The van der Waals surface area contributed by atoms with Gasteiger partial charge >= 0.3 is 5.97 Å². The number of hydrogen-bond acceptors (Lipinski definition) is 2. The smallest absolute Gasteiger partial charge is 0.306 e. The van der Waals surface area contributed by atoms with Gasteiger partial charge in [-0.25, -0.2) is 0 Å². The van der Waals surface area contributed by atoms with Crippen LogP contribution in [0, 0.1) is 5.92 Å². The topological polar surface area (TPSA) is 26.3 Å². The van der Waals surface area contributed by atoms with Gasteiger partial charge in [0, 0.05) is 6.42 Å². The van der Waals surface area contributed by atoms with E-state index in [0.29, 0.717) is 12.3 Å². The van der Waals surface area contributed by atoms with Crippen molar-refractivity contribution < 1.29 is 9.53 Å². The van der Waals surface area contributed by atoms with E-state index < -0.39 is 0 Å². The number of carbonyl (C=O) groups excluding carboxylic acids is 1. The lowest BCUT2D eigenvalue weighted by Crippen LogP contribution is -2.16. The average Bonchev–Trinajstić information content (AvgIpc) is 3.36. The van der Waals surface area contributed by atoms with Gasteiger partial charge in [-0.05, 0) is 32.1 Å². The van der Waals surface area contributed by atoms with Crippen molar-refractivity contribution >= 4 is 5.97 Å². The van der Waals surface area contributed by atoms with Crippen molar-refractivity contribution in [1.82, 2.24) is 0 Å². The van der Waals surface area contributed by atoms with E-state index in [1.165, 1.54) is 89.9 Å². The molecule has 1 saturated carbocycles. The van der Waals surface area contributed by atoms with E-state index in [4.69, 9.17) is 4.74 Å². The lowest BCUT2D eigenvalue weighted by atomic mass is 10.0.